The van der Waals surface area contributed by atoms with Crippen molar-refractivity contribution in [1.29, 1.82) is 0 Å². The van der Waals surface area contributed by atoms with Crippen LogP contribution in [0.5, 0.6) is 0 Å². The molecule has 4 heteroatoms. The van der Waals surface area contributed by atoms with Crippen molar-refractivity contribution in [3.8, 4) is 0 Å². The normalized spacial score (nSPS) is 14.1. The molecule has 1 rings (SSSR count). The molecule has 1 aliphatic rings. The van der Waals surface area contributed by atoms with E-state index in [9.17, 15) is 14.7 Å². The van der Waals surface area contributed by atoms with Gasteiger partial charge in [0.05, 0.1) is 0 Å². The van der Waals surface area contributed by atoms with Crippen LogP contribution in [0.1, 0.15) is 110 Å². The van der Waals surface area contributed by atoms with E-state index in [0.29, 0.717) is 6.42 Å². The van der Waals surface area contributed by atoms with Crippen molar-refractivity contribution in [3.63, 3.8) is 0 Å². The molecule has 0 aromatic carbocycles. The van der Waals surface area contributed by atoms with Gasteiger partial charge in [0, 0.05) is 6.42 Å². The average Bonchev–Trinajstić information content (AvgIpc) is 2.96. The molecule has 0 saturated carbocycles. The monoisotopic (exact) mass is 366 g/mol. The van der Waals surface area contributed by atoms with Crippen LogP contribution in [0.4, 0.5) is 0 Å². The van der Waals surface area contributed by atoms with Crippen LogP contribution in [-0.2, 0) is 14.3 Å². The summed E-state index contributed by atoms with van der Waals surface area (Å²) in [6.07, 6.45) is 19.5. The number of carbonyl (C=O) groups excluding carboxylic acids is 2. The van der Waals surface area contributed by atoms with Crippen LogP contribution in [0.15, 0.2) is 11.3 Å². The zero-order chi connectivity index (χ0) is 19.0. The lowest BCUT2D eigenvalue weighted by Gasteiger charge is -2.03. The van der Waals surface area contributed by atoms with Crippen molar-refractivity contribution >= 4 is 11.8 Å². The molecule has 150 valence electrons. The molecule has 0 unspecified atom stereocenters. The van der Waals surface area contributed by atoms with Crippen molar-refractivity contribution in [2.45, 2.75) is 110 Å². The zero-order valence-electron chi connectivity index (χ0n) is 16.7. The molecule has 0 aliphatic carbocycles. The van der Waals surface area contributed by atoms with Gasteiger partial charge in [-0.3, -0.25) is 4.79 Å². The van der Waals surface area contributed by atoms with Crippen LogP contribution < -0.4 is 0 Å². The molecule has 0 atom stereocenters. The number of ketones is 1. The summed E-state index contributed by atoms with van der Waals surface area (Å²) in [5.41, 5.74) is -0.129. The second-order valence-electron chi connectivity index (χ2n) is 7.52. The third-order valence-corrected chi connectivity index (χ3v) is 5.12. The highest BCUT2D eigenvalue weighted by Crippen LogP contribution is 2.18. The predicted octanol–water partition coefficient (Wildman–Crippen LogP) is 6.19. The molecular formula is C22H38O4. The smallest absolute Gasteiger partial charge is 0.345 e. The summed E-state index contributed by atoms with van der Waals surface area (Å²) in [4.78, 5) is 23.2. The first-order valence-electron chi connectivity index (χ1n) is 10.8. The second-order valence-corrected chi connectivity index (χ2v) is 7.52. The van der Waals surface area contributed by atoms with Gasteiger partial charge in [-0.2, -0.15) is 0 Å². The van der Waals surface area contributed by atoms with Crippen molar-refractivity contribution in [2.75, 3.05) is 6.61 Å². The lowest BCUT2D eigenvalue weighted by Crippen LogP contribution is -2.10. The summed E-state index contributed by atoms with van der Waals surface area (Å²) in [6.45, 7) is 2.11. The fourth-order valence-corrected chi connectivity index (χ4v) is 3.45. The summed E-state index contributed by atoms with van der Waals surface area (Å²) < 4.78 is 4.64. The third-order valence-electron chi connectivity index (χ3n) is 5.12. The standard InChI is InChI=1S/C22H38O4/c1-2-3-4-5-6-7-8-9-10-11-12-13-14-15-16-17-19(23)21-20(24)18-26-22(21)25/h24H,2-18H2,1H3. The number of aliphatic hydroxyl groups excluding tert-OH is 1. The molecule has 0 amide bonds. The fraction of sp³-hybridized carbons (Fsp3) is 0.818. The number of hydrogen-bond acceptors (Lipinski definition) is 4. The summed E-state index contributed by atoms with van der Waals surface area (Å²) in [5, 5.41) is 9.47. The van der Waals surface area contributed by atoms with Crippen LogP contribution in [0.2, 0.25) is 0 Å². The van der Waals surface area contributed by atoms with E-state index in [1.54, 1.807) is 0 Å². The minimum absolute atomic E-state index is 0.129. The van der Waals surface area contributed by atoms with Crippen molar-refractivity contribution in [2.24, 2.45) is 0 Å². The number of rotatable bonds is 17. The van der Waals surface area contributed by atoms with Crippen molar-refractivity contribution in [1.82, 2.24) is 0 Å². The highest BCUT2D eigenvalue weighted by atomic mass is 16.5. The Morgan fingerprint density at radius 1 is 0.808 bits per heavy atom. The molecule has 1 aliphatic heterocycles. The van der Waals surface area contributed by atoms with E-state index >= 15 is 0 Å². The fourth-order valence-electron chi connectivity index (χ4n) is 3.45. The van der Waals surface area contributed by atoms with E-state index < -0.39 is 5.97 Å². The largest absolute Gasteiger partial charge is 0.508 e. The van der Waals surface area contributed by atoms with E-state index in [1.165, 1.54) is 77.0 Å². The maximum Gasteiger partial charge on any atom is 0.345 e. The predicted molar refractivity (Wildman–Crippen MR) is 105 cm³/mol. The van der Waals surface area contributed by atoms with Crippen LogP contribution in [0, 0.1) is 0 Å². The quantitative estimate of drug-likeness (QED) is 0.189. The maximum absolute atomic E-state index is 11.9. The molecule has 0 radical (unpaired) electrons. The second kappa shape index (κ2) is 14.8. The zero-order valence-corrected chi connectivity index (χ0v) is 16.7. The molecule has 0 saturated heterocycles. The molecule has 0 aromatic rings. The Balaban J connectivity index is 1.83. The number of Topliss-reactive ketones (excluding diaryl/α,β-unsaturated/α-hetero) is 1. The first-order valence-corrected chi connectivity index (χ1v) is 10.8. The summed E-state index contributed by atoms with van der Waals surface area (Å²) in [5.74, 6) is -1.16. The van der Waals surface area contributed by atoms with Gasteiger partial charge in [-0.05, 0) is 6.42 Å². The minimum atomic E-state index is -0.673. The van der Waals surface area contributed by atoms with E-state index in [0.717, 1.165) is 19.3 Å². The van der Waals surface area contributed by atoms with Gasteiger partial charge in [0.25, 0.3) is 0 Å². The Bertz CT molecular complexity index is 439. The first kappa shape index (κ1) is 22.7. The number of hydrogen-bond donors (Lipinski definition) is 1. The lowest BCUT2D eigenvalue weighted by atomic mass is 10.0. The minimum Gasteiger partial charge on any atom is -0.508 e. The first-order chi connectivity index (χ1) is 12.7. The number of carbonyl (C=O) groups is 2. The highest BCUT2D eigenvalue weighted by molar-refractivity contribution is 6.18. The maximum atomic E-state index is 11.9. The molecule has 0 bridgehead atoms. The number of unbranched alkanes of at least 4 members (excludes halogenated alkanes) is 14. The molecule has 1 heterocycles. The summed E-state index contributed by atoms with van der Waals surface area (Å²) in [6, 6.07) is 0. The molecule has 4 nitrogen and oxygen atoms in total. The lowest BCUT2D eigenvalue weighted by molar-refractivity contribution is -0.137. The molecule has 1 N–H and O–H groups in total. The van der Waals surface area contributed by atoms with E-state index in [1.807, 2.05) is 0 Å². The van der Waals surface area contributed by atoms with Gasteiger partial charge in [0.2, 0.25) is 0 Å². The van der Waals surface area contributed by atoms with E-state index in [-0.39, 0.29) is 23.7 Å². The van der Waals surface area contributed by atoms with Gasteiger partial charge >= 0.3 is 5.97 Å². The van der Waals surface area contributed by atoms with Gasteiger partial charge < -0.3 is 9.84 Å². The Hall–Kier alpha value is -1.32. The Labute approximate surface area is 159 Å². The SMILES string of the molecule is CCCCCCCCCCCCCCCCCC(=O)C1=C(O)COC1=O. The van der Waals surface area contributed by atoms with Gasteiger partial charge in [-0.1, -0.05) is 96.8 Å². The number of aliphatic hydroxyl groups is 1. The molecule has 0 aromatic heterocycles. The van der Waals surface area contributed by atoms with Gasteiger partial charge in [-0.25, -0.2) is 4.79 Å². The van der Waals surface area contributed by atoms with Crippen LogP contribution in [0.3, 0.4) is 0 Å². The van der Waals surface area contributed by atoms with E-state index in [4.69, 9.17) is 0 Å². The topological polar surface area (TPSA) is 63.6 Å². The summed E-state index contributed by atoms with van der Waals surface area (Å²) >= 11 is 0. The Morgan fingerprint density at radius 2 is 1.23 bits per heavy atom. The molecular weight excluding hydrogens is 328 g/mol. The average molecular weight is 367 g/mol. The number of ether oxygens (including phenoxy) is 1. The van der Waals surface area contributed by atoms with Crippen molar-refractivity contribution < 1.29 is 19.4 Å². The molecule has 26 heavy (non-hydrogen) atoms. The summed E-state index contributed by atoms with van der Waals surface area (Å²) in [7, 11) is 0. The van der Waals surface area contributed by atoms with Crippen LogP contribution in [0.25, 0.3) is 0 Å². The number of cyclic esters (lactones) is 1. The number of esters is 1. The molecule has 0 fully saturated rings. The third kappa shape index (κ3) is 9.98. The Kier molecular flexibility index (Phi) is 12.9. The van der Waals surface area contributed by atoms with Crippen molar-refractivity contribution in [3.05, 3.63) is 11.3 Å². The van der Waals surface area contributed by atoms with Crippen LogP contribution >= 0.6 is 0 Å². The van der Waals surface area contributed by atoms with Gasteiger partial charge in [-0.15, -0.1) is 0 Å². The van der Waals surface area contributed by atoms with Gasteiger partial charge in [0.1, 0.15) is 17.9 Å². The highest BCUT2D eigenvalue weighted by Gasteiger charge is 2.29. The van der Waals surface area contributed by atoms with Crippen LogP contribution in [-0.4, -0.2) is 23.5 Å². The Morgan fingerprint density at radius 3 is 1.62 bits per heavy atom. The van der Waals surface area contributed by atoms with E-state index in [2.05, 4.69) is 11.7 Å². The molecule has 0 spiro atoms. The van der Waals surface area contributed by atoms with Gasteiger partial charge in [0.15, 0.2) is 5.78 Å².